The molecule has 4 N–H and O–H groups in total. The Balaban J connectivity index is 2.13. The Hall–Kier alpha value is -2.37. The van der Waals surface area contributed by atoms with Crippen molar-refractivity contribution in [2.75, 3.05) is 11.1 Å². The van der Waals surface area contributed by atoms with Crippen molar-refractivity contribution in [3.63, 3.8) is 0 Å². The van der Waals surface area contributed by atoms with Gasteiger partial charge in [-0.25, -0.2) is 4.39 Å². The number of hydrogen-bond acceptors (Lipinski definition) is 3. The van der Waals surface area contributed by atoms with Crippen molar-refractivity contribution in [2.24, 2.45) is 0 Å². The molecule has 0 radical (unpaired) electrons. The monoisotopic (exact) mass is 262 g/mol. The second-order valence-corrected chi connectivity index (χ2v) is 4.21. The van der Waals surface area contributed by atoms with Crippen LogP contribution in [0, 0.1) is 5.82 Å². The normalized spacial score (nSPS) is 10.4. The SMILES string of the molecule is CCCc1cc(NC(=O)c2cc(F)ccc2N)n[nH]1. The lowest BCUT2D eigenvalue weighted by Gasteiger charge is -2.05. The van der Waals surface area contributed by atoms with Crippen LogP contribution in [0.1, 0.15) is 29.4 Å². The van der Waals surface area contributed by atoms with Crippen LogP contribution < -0.4 is 11.1 Å². The summed E-state index contributed by atoms with van der Waals surface area (Å²) in [5.41, 5.74) is 6.90. The number of nitrogens with two attached hydrogens (primary N) is 1. The molecule has 0 aliphatic carbocycles. The number of nitrogens with one attached hydrogen (secondary N) is 2. The average Bonchev–Trinajstić information content (AvgIpc) is 2.80. The van der Waals surface area contributed by atoms with Gasteiger partial charge < -0.3 is 11.1 Å². The van der Waals surface area contributed by atoms with Gasteiger partial charge in [0, 0.05) is 17.4 Å². The number of halogens is 1. The van der Waals surface area contributed by atoms with Crippen LogP contribution in [-0.2, 0) is 6.42 Å². The Morgan fingerprint density at radius 2 is 2.26 bits per heavy atom. The van der Waals surface area contributed by atoms with Crippen molar-refractivity contribution in [1.29, 1.82) is 0 Å². The summed E-state index contributed by atoms with van der Waals surface area (Å²) < 4.78 is 13.1. The van der Waals surface area contributed by atoms with Gasteiger partial charge in [-0.2, -0.15) is 5.10 Å². The molecule has 1 heterocycles. The van der Waals surface area contributed by atoms with E-state index in [1.165, 1.54) is 12.1 Å². The molecule has 0 saturated carbocycles. The highest BCUT2D eigenvalue weighted by Gasteiger charge is 2.12. The van der Waals surface area contributed by atoms with Gasteiger partial charge >= 0.3 is 0 Å². The smallest absolute Gasteiger partial charge is 0.259 e. The summed E-state index contributed by atoms with van der Waals surface area (Å²) in [6.45, 7) is 2.05. The highest BCUT2D eigenvalue weighted by atomic mass is 19.1. The fourth-order valence-electron chi connectivity index (χ4n) is 1.73. The van der Waals surface area contributed by atoms with Crippen molar-refractivity contribution >= 4 is 17.4 Å². The summed E-state index contributed by atoms with van der Waals surface area (Å²) in [6.07, 6.45) is 1.83. The van der Waals surface area contributed by atoms with Crippen LogP contribution in [0.4, 0.5) is 15.9 Å². The first-order valence-electron chi connectivity index (χ1n) is 6.01. The Morgan fingerprint density at radius 1 is 1.47 bits per heavy atom. The van der Waals surface area contributed by atoms with E-state index in [0.29, 0.717) is 5.82 Å². The van der Waals surface area contributed by atoms with Gasteiger partial charge in [-0.15, -0.1) is 0 Å². The van der Waals surface area contributed by atoms with Gasteiger partial charge in [-0.05, 0) is 24.6 Å². The standard InChI is InChI=1S/C13H15FN4O/c1-2-3-9-7-12(18-17-9)16-13(19)10-6-8(14)4-5-11(10)15/h4-7H,2-3,15H2,1H3,(H2,16,17,18,19). The molecule has 0 unspecified atom stereocenters. The molecule has 1 aromatic carbocycles. The van der Waals surface area contributed by atoms with Gasteiger partial charge in [-0.3, -0.25) is 9.89 Å². The first-order valence-corrected chi connectivity index (χ1v) is 6.01. The topological polar surface area (TPSA) is 83.8 Å². The van der Waals surface area contributed by atoms with Crippen molar-refractivity contribution in [2.45, 2.75) is 19.8 Å². The van der Waals surface area contributed by atoms with E-state index < -0.39 is 11.7 Å². The second-order valence-electron chi connectivity index (χ2n) is 4.21. The molecule has 2 rings (SSSR count). The zero-order valence-corrected chi connectivity index (χ0v) is 10.5. The summed E-state index contributed by atoms with van der Waals surface area (Å²) in [4.78, 5) is 11.9. The minimum atomic E-state index is -0.506. The van der Waals surface area contributed by atoms with Crippen LogP contribution in [0.5, 0.6) is 0 Å². The Labute approximate surface area is 110 Å². The predicted molar refractivity (Wildman–Crippen MR) is 71.3 cm³/mol. The third-order valence-corrected chi connectivity index (χ3v) is 2.65. The van der Waals surface area contributed by atoms with Crippen molar-refractivity contribution in [1.82, 2.24) is 10.2 Å². The summed E-state index contributed by atoms with van der Waals surface area (Å²) in [5.74, 6) is -0.586. The molecule has 0 bridgehead atoms. The van der Waals surface area contributed by atoms with Crippen LogP contribution in [-0.4, -0.2) is 16.1 Å². The zero-order valence-electron chi connectivity index (χ0n) is 10.5. The Kier molecular flexibility index (Phi) is 3.79. The fourth-order valence-corrected chi connectivity index (χ4v) is 1.73. The minimum absolute atomic E-state index is 0.0973. The van der Waals surface area contributed by atoms with Gasteiger partial charge in [0.1, 0.15) is 5.82 Å². The third kappa shape index (κ3) is 3.09. The molecule has 19 heavy (non-hydrogen) atoms. The van der Waals surface area contributed by atoms with Gasteiger partial charge in [0.05, 0.1) is 5.56 Å². The van der Waals surface area contributed by atoms with E-state index in [1.807, 2.05) is 6.92 Å². The van der Waals surface area contributed by atoms with E-state index in [2.05, 4.69) is 15.5 Å². The number of carbonyl (C=O) groups excluding carboxylic acids is 1. The predicted octanol–water partition coefficient (Wildman–Crippen LogP) is 2.34. The molecule has 0 fully saturated rings. The minimum Gasteiger partial charge on any atom is -0.398 e. The van der Waals surface area contributed by atoms with Crippen LogP contribution in [0.3, 0.4) is 0 Å². The van der Waals surface area contributed by atoms with E-state index in [4.69, 9.17) is 5.73 Å². The number of H-pyrrole nitrogens is 1. The number of anilines is 2. The van der Waals surface area contributed by atoms with Crippen LogP contribution in [0.2, 0.25) is 0 Å². The van der Waals surface area contributed by atoms with Crippen LogP contribution in [0.25, 0.3) is 0 Å². The zero-order chi connectivity index (χ0) is 13.8. The molecule has 6 heteroatoms. The summed E-state index contributed by atoms with van der Waals surface area (Å²) in [7, 11) is 0. The quantitative estimate of drug-likeness (QED) is 0.739. The molecule has 0 aliphatic heterocycles. The molecule has 1 amide bonds. The summed E-state index contributed by atoms with van der Waals surface area (Å²) in [6, 6.07) is 5.42. The number of amides is 1. The third-order valence-electron chi connectivity index (χ3n) is 2.65. The van der Waals surface area contributed by atoms with Gasteiger partial charge in [0.15, 0.2) is 5.82 Å². The molecule has 100 valence electrons. The molecule has 0 atom stereocenters. The van der Waals surface area contributed by atoms with Gasteiger partial charge in [0.2, 0.25) is 0 Å². The number of carbonyl (C=O) groups is 1. The van der Waals surface area contributed by atoms with Crippen LogP contribution in [0.15, 0.2) is 24.3 Å². The van der Waals surface area contributed by atoms with E-state index in [-0.39, 0.29) is 11.3 Å². The van der Waals surface area contributed by atoms with Crippen LogP contribution >= 0.6 is 0 Å². The first-order chi connectivity index (χ1) is 9.10. The van der Waals surface area contributed by atoms with E-state index >= 15 is 0 Å². The lowest BCUT2D eigenvalue weighted by molar-refractivity contribution is 0.102. The van der Waals surface area contributed by atoms with Crippen molar-refractivity contribution in [3.8, 4) is 0 Å². The van der Waals surface area contributed by atoms with E-state index in [1.54, 1.807) is 6.07 Å². The summed E-state index contributed by atoms with van der Waals surface area (Å²) >= 11 is 0. The highest BCUT2D eigenvalue weighted by Crippen LogP contribution is 2.15. The number of aromatic amines is 1. The fraction of sp³-hybridized carbons (Fsp3) is 0.231. The Morgan fingerprint density at radius 3 is 3.00 bits per heavy atom. The largest absolute Gasteiger partial charge is 0.398 e. The number of aromatic nitrogens is 2. The maximum atomic E-state index is 13.1. The van der Waals surface area contributed by atoms with Gasteiger partial charge in [0.25, 0.3) is 5.91 Å². The van der Waals surface area contributed by atoms with Gasteiger partial charge in [-0.1, -0.05) is 13.3 Å². The number of aryl methyl sites for hydroxylation is 1. The van der Waals surface area contributed by atoms with E-state index in [9.17, 15) is 9.18 Å². The first kappa shape index (κ1) is 13.1. The molecule has 0 saturated heterocycles. The summed E-state index contributed by atoms with van der Waals surface area (Å²) in [5, 5.41) is 9.36. The lowest BCUT2D eigenvalue weighted by atomic mass is 10.1. The average molecular weight is 262 g/mol. The number of nitrogen functional groups attached to an aromatic ring is 1. The maximum Gasteiger partial charge on any atom is 0.259 e. The number of benzene rings is 1. The number of rotatable bonds is 4. The molecule has 2 aromatic rings. The number of nitrogens with zero attached hydrogens (tertiary/aromatic N) is 1. The highest BCUT2D eigenvalue weighted by molar-refractivity contribution is 6.07. The molecule has 0 aliphatic rings. The molecule has 1 aromatic heterocycles. The molecule has 0 spiro atoms. The Bertz CT molecular complexity index is 594. The van der Waals surface area contributed by atoms with E-state index in [0.717, 1.165) is 24.6 Å². The second kappa shape index (κ2) is 5.51. The molecular formula is C13H15FN4O. The lowest BCUT2D eigenvalue weighted by Crippen LogP contribution is -2.14. The molecular weight excluding hydrogens is 247 g/mol. The van der Waals surface area contributed by atoms with Crippen molar-refractivity contribution < 1.29 is 9.18 Å². The van der Waals surface area contributed by atoms with Crippen molar-refractivity contribution in [3.05, 3.63) is 41.3 Å². The number of hydrogen-bond donors (Lipinski definition) is 3. The molecule has 5 nitrogen and oxygen atoms in total. The maximum absolute atomic E-state index is 13.1.